The van der Waals surface area contributed by atoms with E-state index in [9.17, 15) is 10.1 Å². The van der Waals surface area contributed by atoms with E-state index in [2.05, 4.69) is 32.5 Å². The minimum absolute atomic E-state index is 0.00283. The first-order chi connectivity index (χ1) is 9.10. The van der Waals surface area contributed by atoms with Gasteiger partial charge in [0.2, 0.25) is 0 Å². The number of nitrogens with zero attached hydrogens (tertiary/aromatic N) is 2. The highest BCUT2D eigenvalue weighted by atomic mass is 79.9. The van der Waals surface area contributed by atoms with Crippen molar-refractivity contribution in [3.05, 3.63) is 26.9 Å². The summed E-state index contributed by atoms with van der Waals surface area (Å²) in [6, 6.07) is 1.89. The molecule has 1 aliphatic carbocycles. The molecular formula is C12H16BrN3O2S. The number of nitro groups is 1. The summed E-state index contributed by atoms with van der Waals surface area (Å²) in [5.74, 6) is 0.692. The van der Waals surface area contributed by atoms with E-state index in [1.807, 2.05) is 11.8 Å². The predicted molar refractivity (Wildman–Crippen MR) is 81.8 cm³/mol. The van der Waals surface area contributed by atoms with Gasteiger partial charge in [-0.25, -0.2) is 4.98 Å². The van der Waals surface area contributed by atoms with Crippen LogP contribution >= 0.6 is 27.7 Å². The number of aromatic nitrogens is 1. The van der Waals surface area contributed by atoms with Crippen molar-refractivity contribution >= 4 is 39.2 Å². The topological polar surface area (TPSA) is 68.1 Å². The third kappa shape index (κ3) is 3.82. The van der Waals surface area contributed by atoms with Gasteiger partial charge in [0, 0.05) is 17.4 Å². The standard InChI is InChI=1S/C12H16BrN3O2S/c1-19-10-4-2-3-8(5-10)15-12-11(13)6-9(7-14-12)16(17)18/h6-8,10H,2-5H2,1H3,(H,14,15). The van der Waals surface area contributed by atoms with Crippen LogP contribution in [0.2, 0.25) is 0 Å². The van der Waals surface area contributed by atoms with Crippen molar-refractivity contribution in [2.75, 3.05) is 11.6 Å². The first-order valence-electron chi connectivity index (χ1n) is 6.19. The van der Waals surface area contributed by atoms with E-state index in [0.29, 0.717) is 21.6 Å². The number of rotatable bonds is 4. The molecule has 1 N–H and O–H groups in total. The van der Waals surface area contributed by atoms with Crippen LogP contribution in [0.4, 0.5) is 11.5 Å². The van der Waals surface area contributed by atoms with E-state index in [1.165, 1.54) is 25.1 Å². The maximum absolute atomic E-state index is 10.7. The van der Waals surface area contributed by atoms with Gasteiger partial charge in [-0.1, -0.05) is 6.42 Å². The summed E-state index contributed by atoms with van der Waals surface area (Å²) in [7, 11) is 0. The second-order valence-corrected chi connectivity index (χ2v) is 6.64. The largest absolute Gasteiger partial charge is 0.366 e. The van der Waals surface area contributed by atoms with E-state index >= 15 is 0 Å². The molecule has 1 aromatic rings. The summed E-state index contributed by atoms with van der Waals surface area (Å²) in [6.45, 7) is 0. The monoisotopic (exact) mass is 345 g/mol. The van der Waals surface area contributed by atoms with E-state index in [4.69, 9.17) is 0 Å². The number of hydrogen-bond acceptors (Lipinski definition) is 5. The van der Waals surface area contributed by atoms with Crippen molar-refractivity contribution < 1.29 is 4.92 Å². The van der Waals surface area contributed by atoms with E-state index < -0.39 is 4.92 Å². The van der Waals surface area contributed by atoms with Crippen LogP contribution in [-0.2, 0) is 0 Å². The molecule has 1 aliphatic rings. The molecule has 0 saturated heterocycles. The SMILES string of the molecule is CSC1CCCC(Nc2ncc([N+](=O)[O-])cc2Br)C1. The Bertz CT molecular complexity index is 472. The number of thioether (sulfide) groups is 1. The summed E-state index contributed by atoms with van der Waals surface area (Å²) >= 11 is 5.25. The number of pyridine rings is 1. The van der Waals surface area contributed by atoms with Gasteiger partial charge in [0.25, 0.3) is 5.69 Å². The molecule has 1 fully saturated rings. The zero-order valence-electron chi connectivity index (χ0n) is 10.6. The maximum atomic E-state index is 10.7. The molecule has 1 heterocycles. The fraction of sp³-hybridized carbons (Fsp3) is 0.583. The summed E-state index contributed by atoms with van der Waals surface area (Å²) in [6.07, 6.45) is 8.17. The number of halogens is 1. The lowest BCUT2D eigenvalue weighted by atomic mass is 9.95. The third-order valence-electron chi connectivity index (χ3n) is 3.34. The van der Waals surface area contributed by atoms with Gasteiger partial charge in [-0.05, 0) is 41.4 Å². The molecule has 0 spiro atoms. The normalized spacial score (nSPS) is 23.1. The molecule has 0 amide bonds. The molecule has 0 radical (unpaired) electrons. The first kappa shape index (κ1) is 14.6. The van der Waals surface area contributed by atoms with E-state index in [-0.39, 0.29) is 5.69 Å². The highest BCUT2D eigenvalue weighted by Crippen LogP contribution is 2.31. The van der Waals surface area contributed by atoms with Crippen LogP contribution in [0.25, 0.3) is 0 Å². The molecule has 2 atom stereocenters. The molecular weight excluding hydrogens is 330 g/mol. The molecule has 1 aromatic heterocycles. The Morgan fingerprint density at radius 3 is 3.00 bits per heavy atom. The van der Waals surface area contributed by atoms with Crippen molar-refractivity contribution in [3.63, 3.8) is 0 Å². The zero-order valence-corrected chi connectivity index (χ0v) is 13.0. The smallest absolute Gasteiger partial charge is 0.288 e. The highest BCUT2D eigenvalue weighted by molar-refractivity contribution is 9.10. The van der Waals surface area contributed by atoms with Gasteiger partial charge in [0.05, 0.1) is 9.40 Å². The van der Waals surface area contributed by atoms with Crippen molar-refractivity contribution in [2.24, 2.45) is 0 Å². The molecule has 5 nitrogen and oxygen atoms in total. The molecule has 2 unspecified atom stereocenters. The molecule has 104 valence electrons. The Morgan fingerprint density at radius 1 is 1.58 bits per heavy atom. The third-order valence-corrected chi connectivity index (χ3v) is 5.04. The zero-order chi connectivity index (χ0) is 13.8. The van der Waals surface area contributed by atoms with Gasteiger partial charge < -0.3 is 5.32 Å². The van der Waals surface area contributed by atoms with Crippen molar-refractivity contribution in [1.82, 2.24) is 4.98 Å². The fourth-order valence-electron chi connectivity index (χ4n) is 2.32. The van der Waals surface area contributed by atoms with Crippen LogP contribution < -0.4 is 5.32 Å². The molecule has 7 heteroatoms. The molecule has 19 heavy (non-hydrogen) atoms. The minimum atomic E-state index is -0.439. The fourth-order valence-corrected chi connectivity index (χ4v) is 3.60. The average molecular weight is 346 g/mol. The Morgan fingerprint density at radius 2 is 2.37 bits per heavy atom. The highest BCUT2D eigenvalue weighted by Gasteiger charge is 2.22. The molecule has 2 rings (SSSR count). The maximum Gasteiger partial charge on any atom is 0.288 e. The Kier molecular flexibility index (Phi) is 5.04. The van der Waals surface area contributed by atoms with Crippen molar-refractivity contribution in [1.29, 1.82) is 0 Å². The van der Waals surface area contributed by atoms with E-state index in [0.717, 1.165) is 12.8 Å². The lowest BCUT2D eigenvalue weighted by Gasteiger charge is -2.29. The lowest BCUT2D eigenvalue weighted by molar-refractivity contribution is -0.385. The van der Waals surface area contributed by atoms with Crippen LogP contribution in [0.15, 0.2) is 16.7 Å². The van der Waals surface area contributed by atoms with Gasteiger partial charge in [-0.15, -0.1) is 0 Å². The van der Waals surface area contributed by atoms with Crippen LogP contribution in [0.1, 0.15) is 25.7 Å². The summed E-state index contributed by atoms with van der Waals surface area (Å²) in [5, 5.41) is 14.7. The summed E-state index contributed by atoms with van der Waals surface area (Å²) in [4.78, 5) is 14.4. The second-order valence-electron chi connectivity index (χ2n) is 4.65. The number of hydrogen-bond donors (Lipinski definition) is 1. The van der Waals surface area contributed by atoms with Gasteiger partial charge in [-0.3, -0.25) is 10.1 Å². The Balaban J connectivity index is 2.04. The Hall–Kier alpha value is -0.820. The van der Waals surface area contributed by atoms with E-state index in [1.54, 1.807) is 0 Å². The second kappa shape index (κ2) is 6.56. The van der Waals surface area contributed by atoms with Gasteiger partial charge in [0.15, 0.2) is 0 Å². The van der Waals surface area contributed by atoms with Gasteiger partial charge in [-0.2, -0.15) is 11.8 Å². The van der Waals surface area contributed by atoms with Gasteiger partial charge in [0.1, 0.15) is 12.0 Å². The molecule has 0 aliphatic heterocycles. The molecule has 1 saturated carbocycles. The van der Waals surface area contributed by atoms with Crippen molar-refractivity contribution in [2.45, 2.75) is 37.0 Å². The summed E-state index contributed by atoms with van der Waals surface area (Å²) in [5.41, 5.74) is 0.00283. The van der Waals surface area contributed by atoms with Crippen LogP contribution in [0.3, 0.4) is 0 Å². The summed E-state index contributed by atoms with van der Waals surface area (Å²) < 4.78 is 0.646. The van der Waals surface area contributed by atoms with Gasteiger partial charge >= 0.3 is 0 Å². The number of anilines is 1. The minimum Gasteiger partial charge on any atom is -0.366 e. The number of nitrogens with one attached hydrogen (secondary N) is 1. The average Bonchev–Trinajstić information content (AvgIpc) is 2.41. The van der Waals surface area contributed by atoms with Crippen LogP contribution in [-0.4, -0.2) is 27.5 Å². The van der Waals surface area contributed by atoms with Crippen molar-refractivity contribution in [3.8, 4) is 0 Å². The molecule has 0 aromatic carbocycles. The Labute approximate surface area is 124 Å². The quantitative estimate of drug-likeness (QED) is 0.663. The first-order valence-corrected chi connectivity index (χ1v) is 8.27. The van der Waals surface area contributed by atoms with Crippen LogP contribution in [0.5, 0.6) is 0 Å². The molecule has 0 bridgehead atoms. The van der Waals surface area contributed by atoms with Crippen LogP contribution in [0, 0.1) is 10.1 Å². The predicted octanol–water partition coefficient (Wildman–Crippen LogP) is 3.84. The lowest BCUT2D eigenvalue weighted by Crippen LogP contribution is -2.29.